The molecular formula is C16H12N6O4. The summed E-state index contributed by atoms with van der Waals surface area (Å²) < 4.78 is 12.3. The number of hydrogen-bond donors (Lipinski definition) is 0. The molecule has 1 aromatic carbocycles. The zero-order valence-electron chi connectivity index (χ0n) is 13.3. The highest BCUT2D eigenvalue weighted by Crippen LogP contribution is 2.25. The predicted octanol–water partition coefficient (Wildman–Crippen LogP) is 2.74. The van der Waals surface area contributed by atoms with Gasteiger partial charge in [-0.05, 0) is 0 Å². The van der Waals surface area contributed by atoms with Gasteiger partial charge in [0.2, 0.25) is 5.89 Å². The van der Waals surface area contributed by atoms with Crippen LogP contribution in [-0.2, 0) is 13.0 Å². The van der Waals surface area contributed by atoms with Gasteiger partial charge < -0.3 is 8.94 Å². The molecule has 0 bridgehead atoms. The minimum atomic E-state index is -0.497. The molecule has 3 aromatic heterocycles. The lowest BCUT2D eigenvalue weighted by Crippen LogP contribution is -2.01. The van der Waals surface area contributed by atoms with Crippen LogP contribution in [0.2, 0.25) is 0 Å². The van der Waals surface area contributed by atoms with Gasteiger partial charge in [-0.3, -0.25) is 14.8 Å². The molecule has 4 aromatic rings. The molecular weight excluding hydrogens is 340 g/mol. The summed E-state index contributed by atoms with van der Waals surface area (Å²) >= 11 is 0. The Labute approximate surface area is 146 Å². The van der Waals surface area contributed by atoms with Gasteiger partial charge in [-0.15, -0.1) is 10.2 Å². The Kier molecular flexibility index (Phi) is 3.98. The molecule has 10 nitrogen and oxygen atoms in total. The number of aromatic nitrogens is 5. The smallest absolute Gasteiger partial charge is 0.306 e. The third-order valence-corrected chi connectivity index (χ3v) is 3.64. The lowest BCUT2D eigenvalue weighted by atomic mass is 10.2. The Hall–Kier alpha value is -3.82. The average molecular weight is 352 g/mol. The molecule has 0 aliphatic rings. The number of benzene rings is 1. The first-order valence-corrected chi connectivity index (χ1v) is 7.71. The van der Waals surface area contributed by atoms with Gasteiger partial charge in [-0.25, -0.2) is 0 Å². The lowest BCUT2D eigenvalue weighted by molar-refractivity contribution is -0.385. The Bertz CT molecular complexity index is 1040. The summed E-state index contributed by atoms with van der Waals surface area (Å²) in [6.45, 7) is 0.379. The van der Waals surface area contributed by atoms with Crippen molar-refractivity contribution in [3.63, 3.8) is 0 Å². The minimum absolute atomic E-state index is 0.0627. The van der Waals surface area contributed by atoms with Crippen LogP contribution >= 0.6 is 0 Å². The molecule has 0 aliphatic heterocycles. The summed E-state index contributed by atoms with van der Waals surface area (Å²) in [7, 11) is 0. The largest absolute Gasteiger partial charge is 0.419 e. The second kappa shape index (κ2) is 6.59. The first-order valence-electron chi connectivity index (χ1n) is 7.71. The van der Waals surface area contributed by atoms with Crippen molar-refractivity contribution in [2.75, 3.05) is 0 Å². The zero-order valence-corrected chi connectivity index (χ0v) is 13.3. The number of rotatable bonds is 6. The molecule has 0 radical (unpaired) electrons. The fraction of sp³-hybridized carbons (Fsp3) is 0.125. The quantitative estimate of drug-likeness (QED) is 0.383. The second-order valence-corrected chi connectivity index (χ2v) is 5.41. The van der Waals surface area contributed by atoms with Gasteiger partial charge >= 0.3 is 5.69 Å². The fourth-order valence-corrected chi connectivity index (χ4v) is 2.35. The maximum absolute atomic E-state index is 10.6. The molecule has 10 heteroatoms. The fourth-order valence-electron chi connectivity index (χ4n) is 2.35. The Morgan fingerprint density at radius 3 is 2.81 bits per heavy atom. The molecule has 26 heavy (non-hydrogen) atoms. The van der Waals surface area contributed by atoms with Crippen molar-refractivity contribution >= 4 is 5.69 Å². The molecule has 0 fully saturated rings. The first kappa shape index (κ1) is 15.7. The van der Waals surface area contributed by atoms with E-state index in [1.807, 2.05) is 30.3 Å². The zero-order chi connectivity index (χ0) is 17.9. The third-order valence-electron chi connectivity index (χ3n) is 3.64. The summed E-state index contributed by atoms with van der Waals surface area (Å²) in [6.07, 6.45) is 2.93. The summed E-state index contributed by atoms with van der Waals surface area (Å²) in [5.74, 6) is 1.23. The Morgan fingerprint density at radius 2 is 2.04 bits per heavy atom. The minimum Gasteiger partial charge on any atom is -0.419 e. The Morgan fingerprint density at radius 1 is 1.19 bits per heavy atom. The van der Waals surface area contributed by atoms with E-state index in [2.05, 4.69) is 20.5 Å². The van der Waals surface area contributed by atoms with Crippen molar-refractivity contribution < 1.29 is 13.9 Å². The maximum Gasteiger partial charge on any atom is 0.306 e. The van der Waals surface area contributed by atoms with Crippen LogP contribution in [0.25, 0.3) is 22.9 Å². The van der Waals surface area contributed by atoms with E-state index in [9.17, 15) is 10.1 Å². The van der Waals surface area contributed by atoms with Crippen LogP contribution in [0.5, 0.6) is 0 Å². The predicted molar refractivity (Wildman–Crippen MR) is 87.8 cm³/mol. The topological polar surface area (TPSA) is 126 Å². The van der Waals surface area contributed by atoms with E-state index in [-0.39, 0.29) is 11.6 Å². The van der Waals surface area contributed by atoms with Crippen molar-refractivity contribution in [2.45, 2.75) is 13.0 Å². The summed E-state index contributed by atoms with van der Waals surface area (Å²) in [4.78, 5) is 10.2. The van der Waals surface area contributed by atoms with Crippen LogP contribution in [-0.4, -0.2) is 30.1 Å². The number of aryl methyl sites for hydroxylation is 2. The molecule has 0 saturated carbocycles. The highest BCUT2D eigenvalue weighted by molar-refractivity contribution is 5.62. The van der Waals surface area contributed by atoms with E-state index in [1.54, 1.807) is 6.07 Å². The monoisotopic (exact) mass is 352 g/mol. The van der Waals surface area contributed by atoms with E-state index < -0.39 is 4.92 Å². The van der Waals surface area contributed by atoms with E-state index in [0.717, 1.165) is 5.56 Å². The Balaban J connectivity index is 1.44. The highest BCUT2D eigenvalue weighted by atomic mass is 16.6. The molecule has 0 unspecified atom stereocenters. The van der Waals surface area contributed by atoms with Gasteiger partial charge in [-0.2, -0.15) is 5.10 Å². The molecule has 0 aliphatic carbocycles. The average Bonchev–Trinajstić information content (AvgIpc) is 3.39. The van der Waals surface area contributed by atoms with E-state index in [1.165, 1.54) is 17.1 Å². The highest BCUT2D eigenvalue weighted by Gasteiger charge is 2.15. The van der Waals surface area contributed by atoms with Gasteiger partial charge in [0, 0.05) is 24.6 Å². The number of hydrogen-bond acceptors (Lipinski definition) is 8. The lowest BCUT2D eigenvalue weighted by Gasteiger charge is -1.95. The summed E-state index contributed by atoms with van der Waals surface area (Å²) in [5.41, 5.74) is 1.27. The van der Waals surface area contributed by atoms with Crippen molar-refractivity contribution in [3.8, 4) is 22.9 Å². The van der Waals surface area contributed by atoms with Gasteiger partial charge in [0.1, 0.15) is 12.4 Å². The van der Waals surface area contributed by atoms with Crippen molar-refractivity contribution in [1.29, 1.82) is 0 Å². The van der Waals surface area contributed by atoms with Crippen LogP contribution in [0.4, 0.5) is 5.69 Å². The number of nitrogens with zero attached hydrogens (tertiary/aromatic N) is 6. The van der Waals surface area contributed by atoms with Crippen molar-refractivity contribution in [3.05, 3.63) is 64.8 Å². The van der Waals surface area contributed by atoms with Crippen LogP contribution in [0.3, 0.4) is 0 Å². The molecule has 130 valence electrons. The van der Waals surface area contributed by atoms with Crippen molar-refractivity contribution in [1.82, 2.24) is 25.1 Å². The SMILES string of the molecule is O=[N+]([O-])c1cnn(CCc2nnc(-c3cc(-c4ccccc4)on3)o2)c1. The molecule has 0 atom stereocenters. The van der Waals surface area contributed by atoms with Gasteiger partial charge in [0.05, 0.1) is 4.92 Å². The second-order valence-electron chi connectivity index (χ2n) is 5.41. The van der Waals surface area contributed by atoms with Gasteiger partial charge in [0.15, 0.2) is 11.5 Å². The summed E-state index contributed by atoms with van der Waals surface area (Å²) in [5, 5.41) is 26.4. The molecule has 0 N–H and O–H groups in total. The van der Waals surface area contributed by atoms with Crippen molar-refractivity contribution in [2.24, 2.45) is 0 Å². The normalized spacial score (nSPS) is 10.9. The van der Waals surface area contributed by atoms with Gasteiger partial charge in [0.25, 0.3) is 5.89 Å². The maximum atomic E-state index is 10.6. The van der Waals surface area contributed by atoms with Crippen LogP contribution in [0.1, 0.15) is 5.89 Å². The van der Waals surface area contributed by atoms with Crippen LogP contribution in [0, 0.1) is 10.1 Å². The molecule has 4 rings (SSSR count). The standard InChI is InChI=1S/C16H12N6O4/c23-22(24)12-9-17-21(10-12)7-6-15-18-19-16(25-15)13-8-14(26-20-13)11-4-2-1-3-5-11/h1-5,8-10H,6-7H2. The van der Waals surface area contributed by atoms with E-state index >= 15 is 0 Å². The van der Waals surface area contributed by atoms with Crippen LogP contribution in [0.15, 0.2) is 57.7 Å². The molecule has 3 heterocycles. The van der Waals surface area contributed by atoms with E-state index in [4.69, 9.17) is 8.94 Å². The van der Waals surface area contributed by atoms with Gasteiger partial charge in [-0.1, -0.05) is 35.5 Å². The van der Waals surface area contributed by atoms with Crippen LogP contribution < -0.4 is 0 Å². The van der Waals surface area contributed by atoms with E-state index in [0.29, 0.717) is 30.3 Å². The number of nitro groups is 1. The summed E-state index contributed by atoms with van der Waals surface area (Å²) in [6, 6.07) is 11.3. The molecule has 0 saturated heterocycles. The molecule has 0 amide bonds. The molecule has 0 spiro atoms. The third kappa shape index (κ3) is 3.20. The first-order chi connectivity index (χ1) is 12.7.